The molecule has 0 saturated heterocycles. The first-order valence-electron chi connectivity index (χ1n) is 3.48. The van der Waals surface area contributed by atoms with Crippen LogP contribution in [0.1, 0.15) is 0 Å². The zero-order chi connectivity index (χ0) is 10.1. The molecule has 0 aromatic heterocycles. The van der Waals surface area contributed by atoms with Gasteiger partial charge in [-0.3, -0.25) is 0 Å². The van der Waals surface area contributed by atoms with E-state index in [2.05, 4.69) is 4.74 Å². The molecular weight excluding hydrogens is 203 g/mol. The Kier molecular flexibility index (Phi) is 2.76. The van der Waals surface area contributed by atoms with E-state index in [0.717, 1.165) is 6.07 Å². The van der Waals surface area contributed by atoms with Crippen LogP contribution in [0.15, 0.2) is 18.2 Å². The molecule has 0 N–H and O–H groups in total. The molecule has 0 aliphatic rings. The Morgan fingerprint density at radius 3 is 2.38 bits per heavy atom. The molecule has 0 bridgehead atoms. The number of rotatable bonds is 2. The number of ether oxygens (including phenoxy) is 1. The molecule has 1 aromatic carbocycles. The Balaban J connectivity index is 3.19. The zero-order valence-electron chi connectivity index (χ0n) is 6.73. The maximum Gasteiger partial charge on any atom is 0.511 e. The molecule has 0 heterocycles. The van der Waals surface area contributed by atoms with Crippen LogP contribution in [-0.4, -0.2) is 14.1 Å². The molecule has 1 aromatic rings. The van der Waals surface area contributed by atoms with Gasteiger partial charge in [-0.25, -0.2) is 0 Å². The van der Waals surface area contributed by atoms with Crippen LogP contribution < -0.4 is 10.2 Å². The highest BCUT2D eigenvalue weighted by molar-refractivity contribution is 6.76. The Hall–Kier alpha value is -0.835. The lowest BCUT2D eigenvalue weighted by molar-refractivity contribution is 0.414. The van der Waals surface area contributed by atoms with Gasteiger partial charge in [-0.05, 0) is 18.2 Å². The highest BCUT2D eigenvalue weighted by atomic mass is 35.5. The van der Waals surface area contributed by atoms with Crippen molar-refractivity contribution < 1.29 is 17.7 Å². The van der Waals surface area contributed by atoms with E-state index >= 15 is 0 Å². The molecule has 0 saturated carbocycles. The van der Waals surface area contributed by atoms with Gasteiger partial charge in [0.15, 0.2) is 0 Å². The van der Waals surface area contributed by atoms with Gasteiger partial charge in [-0.2, -0.15) is 0 Å². The lowest BCUT2D eigenvalue weighted by Gasteiger charge is -2.17. The summed E-state index contributed by atoms with van der Waals surface area (Å²) in [6.07, 6.45) is 0. The third-order valence-electron chi connectivity index (χ3n) is 1.56. The topological polar surface area (TPSA) is 9.23 Å². The molecular formula is C7H6BClF3O-. The van der Waals surface area contributed by atoms with Gasteiger partial charge in [0.25, 0.3) is 0 Å². The predicted molar refractivity (Wildman–Crippen MR) is 46.7 cm³/mol. The minimum Gasteiger partial charge on any atom is -0.497 e. The third-order valence-corrected chi connectivity index (χ3v) is 1.90. The molecule has 72 valence electrons. The van der Waals surface area contributed by atoms with E-state index in [1.807, 2.05) is 0 Å². The molecule has 1 rings (SSSR count). The van der Waals surface area contributed by atoms with E-state index in [9.17, 15) is 12.9 Å². The van der Waals surface area contributed by atoms with Gasteiger partial charge in [0, 0.05) is 5.02 Å². The van der Waals surface area contributed by atoms with Crippen molar-refractivity contribution in [1.29, 1.82) is 0 Å². The summed E-state index contributed by atoms with van der Waals surface area (Å²) in [5.74, 6) is 0.151. The summed E-state index contributed by atoms with van der Waals surface area (Å²) in [7, 11) is 1.30. The Labute approximate surface area is 78.5 Å². The van der Waals surface area contributed by atoms with E-state index in [-0.39, 0.29) is 10.8 Å². The van der Waals surface area contributed by atoms with Crippen molar-refractivity contribution in [3.63, 3.8) is 0 Å². The van der Waals surface area contributed by atoms with Crippen molar-refractivity contribution in [2.75, 3.05) is 7.11 Å². The van der Waals surface area contributed by atoms with Gasteiger partial charge >= 0.3 is 6.98 Å². The number of halogens is 4. The lowest BCUT2D eigenvalue weighted by atomic mass is 9.80. The minimum atomic E-state index is -5.07. The molecule has 0 radical (unpaired) electrons. The standard InChI is InChI=1S/C7H6BClF3O/c1-13-5-2-3-7(9)6(4-5)8(10,11)12/h2-4H,1H3/q-1. The van der Waals surface area contributed by atoms with Crippen LogP contribution in [0.4, 0.5) is 12.9 Å². The lowest BCUT2D eigenvalue weighted by Crippen LogP contribution is -2.34. The average molecular weight is 209 g/mol. The van der Waals surface area contributed by atoms with Gasteiger partial charge in [-0.1, -0.05) is 17.1 Å². The third kappa shape index (κ3) is 2.31. The molecule has 0 unspecified atom stereocenters. The first-order chi connectivity index (χ1) is 5.95. The summed E-state index contributed by atoms with van der Waals surface area (Å²) in [5.41, 5.74) is -0.819. The number of hydrogen-bond acceptors (Lipinski definition) is 1. The fourth-order valence-electron chi connectivity index (χ4n) is 0.900. The second-order valence-corrected chi connectivity index (χ2v) is 2.87. The van der Waals surface area contributed by atoms with Crippen molar-refractivity contribution in [2.24, 2.45) is 0 Å². The molecule has 0 spiro atoms. The zero-order valence-corrected chi connectivity index (χ0v) is 7.49. The van der Waals surface area contributed by atoms with Gasteiger partial charge in [0.05, 0.1) is 7.11 Å². The van der Waals surface area contributed by atoms with Gasteiger partial charge in [0.2, 0.25) is 0 Å². The molecule has 0 aliphatic heterocycles. The van der Waals surface area contributed by atoms with Gasteiger partial charge in [0.1, 0.15) is 5.75 Å². The number of hydrogen-bond donors (Lipinski definition) is 0. The molecule has 0 atom stereocenters. The molecule has 6 heteroatoms. The van der Waals surface area contributed by atoms with Crippen molar-refractivity contribution in [1.82, 2.24) is 0 Å². The van der Waals surface area contributed by atoms with Crippen LogP contribution >= 0.6 is 11.6 Å². The van der Waals surface area contributed by atoms with Crippen LogP contribution in [0.5, 0.6) is 5.75 Å². The van der Waals surface area contributed by atoms with Gasteiger partial charge in [-0.15, -0.1) is 0 Å². The van der Waals surface area contributed by atoms with E-state index in [0.29, 0.717) is 0 Å². The minimum absolute atomic E-state index is 0.151. The van der Waals surface area contributed by atoms with E-state index in [4.69, 9.17) is 11.6 Å². The smallest absolute Gasteiger partial charge is 0.497 e. The summed E-state index contributed by atoms with van der Waals surface area (Å²) in [6.45, 7) is -5.07. The second kappa shape index (κ2) is 3.50. The molecule has 1 nitrogen and oxygen atoms in total. The van der Waals surface area contributed by atoms with Crippen LogP contribution in [0, 0.1) is 0 Å². The van der Waals surface area contributed by atoms with Crippen molar-refractivity contribution in [3.05, 3.63) is 23.2 Å². The fraction of sp³-hybridized carbons (Fsp3) is 0.143. The molecule has 0 fully saturated rings. The van der Waals surface area contributed by atoms with Crippen molar-refractivity contribution >= 4 is 24.0 Å². The highest BCUT2D eigenvalue weighted by Gasteiger charge is 2.28. The first-order valence-corrected chi connectivity index (χ1v) is 3.86. The Bertz CT molecular complexity index is 313. The SMILES string of the molecule is COc1ccc(Cl)c([B-](F)(F)F)c1. The summed E-state index contributed by atoms with van der Waals surface area (Å²) in [6, 6.07) is 3.45. The Morgan fingerprint density at radius 2 is 1.92 bits per heavy atom. The van der Waals surface area contributed by atoms with Crippen molar-refractivity contribution in [2.45, 2.75) is 0 Å². The fourth-order valence-corrected chi connectivity index (χ4v) is 1.14. The number of methoxy groups -OCH3 is 1. The van der Waals surface area contributed by atoms with Crippen LogP contribution in [0.2, 0.25) is 5.02 Å². The van der Waals surface area contributed by atoms with E-state index < -0.39 is 12.4 Å². The normalized spacial score (nSPS) is 11.5. The Morgan fingerprint density at radius 1 is 1.31 bits per heavy atom. The monoisotopic (exact) mass is 209 g/mol. The maximum absolute atomic E-state index is 12.3. The molecule has 13 heavy (non-hydrogen) atoms. The highest BCUT2D eigenvalue weighted by Crippen LogP contribution is 2.20. The van der Waals surface area contributed by atoms with Crippen LogP contribution in [0.3, 0.4) is 0 Å². The van der Waals surface area contributed by atoms with Crippen molar-refractivity contribution in [3.8, 4) is 5.75 Å². The van der Waals surface area contributed by atoms with E-state index in [1.165, 1.54) is 19.2 Å². The maximum atomic E-state index is 12.3. The summed E-state index contributed by atoms with van der Waals surface area (Å²) >= 11 is 5.38. The second-order valence-electron chi connectivity index (χ2n) is 2.46. The molecule has 0 amide bonds. The van der Waals surface area contributed by atoms with Crippen LogP contribution in [-0.2, 0) is 0 Å². The average Bonchev–Trinajstić information content (AvgIpc) is 2.03. The summed E-state index contributed by atoms with van der Waals surface area (Å²) < 4.78 is 41.5. The quantitative estimate of drug-likeness (QED) is 0.680. The van der Waals surface area contributed by atoms with Crippen LogP contribution in [0.25, 0.3) is 0 Å². The summed E-state index contributed by atoms with van der Waals surface area (Å²) in [5, 5.41) is -0.298. The van der Waals surface area contributed by atoms with Gasteiger partial charge < -0.3 is 17.7 Å². The first kappa shape index (κ1) is 10.2. The summed E-state index contributed by atoms with van der Waals surface area (Å²) in [4.78, 5) is 0. The largest absolute Gasteiger partial charge is 0.511 e. The number of benzene rings is 1. The predicted octanol–water partition coefficient (Wildman–Crippen LogP) is 2.40. The van der Waals surface area contributed by atoms with E-state index in [1.54, 1.807) is 0 Å². The molecule has 0 aliphatic carbocycles.